The van der Waals surface area contributed by atoms with Gasteiger partial charge in [-0.3, -0.25) is 4.79 Å². The van der Waals surface area contributed by atoms with Crippen molar-refractivity contribution in [1.82, 2.24) is 25.2 Å². The van der Waals surface area contributed by atoms with E-state index < -0.39 is 0 Å². The van der Waals surface area contributed by atoms with Crippen molar-refractivity contribution in [3.8, 4) is 0 Å². The molecule has 0 aromatic carbocycles. The van der Waals surface area contributed by atoms with Gasteiger partial charge in [0.2, 0.25) is 5.91 Å². The highest BCUT2D eigenvalue weighted by atomic mass is 16.6. The third-order valence-electron chi connectivity index (χ3n) is 5.71. The van der Waals surface area contributed by atoms with Crippen molar-refractivity contribution < 1.29 is 14.3 Å². The zero-order chi connectivity index (χ0) is 18.1. The molecule has 26 heavy (non-hydrogen) atoms. The molecule has 3 aliphatic rings. The maximum atomic E-state index is 12.5. The molecule has 1 aromatic rings. The van der Waals surface area contributed by atoms with Crippen molar-refractivity contribution in [2.45, 2.75) is 62.9 Å². The van der Waals surface area contributed by atoms with E-state index in [4.69, 9.17) is 9.47 Å². The van der Waals surface area contributed by atoms with Gasteiger partial charge in [0.25, 0.3) is 0 Å². The number of rotatable bonds is 5. The Kier molecular flexibility index (Phi) is 5.24. The van der Waals surface area contributed by atoms with Gasteiger partial charge in [0, 0.05) is 12.5 Å². The summed E-state index contributed by atoms with van der Waals surface area (Å²) in [6, 6.07) is -0.0517. The Morgan fingerprint density at radius 2 is 2.00 bits per heavy atom. The summed E-state index contributed by atoms with van der Waals surface area (Å²) < 4.78 is 13.8. The van der Waals surface area contributed by atoms with E-state index in [2.05, 4.69) is 20.5 Å². The van der Waals surface area contributed by atoms with E-state index in [9.17, 15) is 4.79 Å². The van der Waals surface area contributed by atoms with Crippen molar-refractivity contribution >= 4 is 5.91 Å². The van der Waals surface area contributed by atoms with E-state index >= 15 is 0 Å². The standard InChI is InChI=1S/C18H29N5O3/c1-22(2)8-13-9-23(21-20-13)15-11-26-16-14(10-25-17(15)16)19-18(24)12-6-4-3-5-7-12/h9,12,14-17H,3-8,10-11H2,1-2H3,(H,19,24). The minimum atomic E-state index is -0.103. The Hall–Kier alpha value is -1.51. The molecule has 0 spiro atoms. The Labute approximate surface area is 154 Å². The van der Waals surface area contributed by atoms with Crippen molar-refractivity contribution in [3.05, 3.63) is 11.9 Å². The predicted octanol–water partition coefficient (Wildman–Crippen LogP) is 0.744. The molecule has 144 valence electrons. The Morgan fingerprint density at radius 1 is 1.23 bits per heavy atom. The number of nitrogens with one attached hydrogen (secondary N) is 1. The first-order valence-corrected chi connectivity index (χ1v) is 9.71. The summed E-state index contributed by atoms with van der Waals surface area (Å²) in [4.78, 5) is 14.6. The van der Waals surface area contributed by atoms with Crippen LogP contribution in [0, 0.1) is 5.92 Å². The number of carbonyl (C=O) groups is 1. The van der Waals surface area contributed by atoms with Crippen LogP contribution in [0.3, 0.4) is 0 Å². The average molecular weight is 363 g/mol. The molecule has 0 bridgehead atoms. The summed E-state index contributed by atoms with van der Waals surface area (Å²) >= 11 is 0. The summed E-state index contributed by atoms with van der Waals surface area (Å²) in [5.41, 5.74) is 0.929. The first-order valence-electron chi connectivity index (χ1n) is 9.71. The zero-order valence-corrected chi connectivity index (χ0v) is 15.6. The van der Waals surface area contributed by atoms with Crippen LogP contribution in [0.1, 0.15) is 43.8 Å². The van der Waals surface area contributed by atoms with Gasteiger partial charge in [0.05, 0.1) is 31.1 Å². The SMILES string of the molecule is CN(C)Cc1cn(C2COC3C(NC(=O)C4CCCCC4)COC32)nn1. The fourth-order valence-corrected chi connectivity index (χ4v) is 4.37. The van der Waals surface area contributed by atoms with Crippen molar-refractivity contribution in [2.24, 2.45) is 5.92 Å². The second kappa shape index (κ2) is 7.62. The lowest BCUT2D eigenvalue weighted by atomic mass is 9.88. The lowest BCUT2D eigenvalue weighted by molar-refractivity contribution is -0.127. The molecule has 4 atom stereocenters. The van der Waals surface area contributed by atoms with Crippen LogP contribution >= 0.6 is 0 Å². The fourth-order valence-electron chi connectivity index (χ4n) is 4.37. The maximum absolute atomic E-state index is 12.5. The molecule has 0 radical (unpaired) electrons. The number of carbonyl (C=O) groups excluding carboxylic acids is 1. The number of hydrogen-bond donors (Lipinski definition) is 1. The minimum Gasteiger partial charge on any atom is -0.371 e. The molecule has 1 N–H and O–H groups in total. The zero-order valence-electron chi connectivity index (χ0n) is 15.6. The van der Waals surface area contributed by atoms with Crippen LogP contribution < -0.4 is 5.32 Å². The lowest BCUT2D eigenvalue weighted by Gasteiger charge is -2.24. The van der Waals surface area contributed by atoms with Gasteiger partial charge in [0.15, 0.2) is 0 Å². The molecule has 1 saturated carbocycles. The van der Waals surface area contributed by atoms with E-state index in [0.717, 1.165) is 37.9 Å². The maximum Gasteiger partial charge on any atom is 0.223 e. The first-order chi connectivity index (χ1) is 12.6. The van der Waals surface area contributed by atoms with Gasteiger partial charge in [-0.05, 0) is 26.9 Å². The van der Waals surface area contributed by atoms with Gasteiger partial charge >= 0.3 is 0 Å². The first kappa shape index (κ1) is 17.9. The van der Waals surface area contributed by atoms with Crippen molar-refractivity contribution in [2.75, 3.05) is 27.3 Å². The summed E-state index contributed by atoms with van der Waals surface area (Å²) in [6.07, 6.45) is 7.36. The number of hydrogen-bond acceptors (Lipinski definition) is 6. The molecule has 1 aromatic heterocycles. The van der Waals surface area contributed by atoms with Crippen LogP contribution in [0.5, 0.6) is 0 Å². The smallest absolute Gasteiger partial charge is 0.223 e. The van der Waals surface area contributed by atoms with Gasteiger partial charge < -0.3 is 19.7 Å². The fraction of sp³-hybridized carbons (Fsp3) is 0.833. The summed E-state index contributed by atoms with van der Waals surface area (Å²) in [5.74, 6) is 0.323. The highest BCUT2D eigenvalue weighted by molar-refractivity contribution is 5.79. The molecule has 2 aliphatic heterocycles. The van der Waals surface area contributed by atoms with E-state index in [1.807, 2.05) is 25.0 Å². The number of ether oxygens (including phenoxy) is 2. The predicted molar refractivity (Wildman–Crippen MR) is 94.4 cm³/mol. The average Bonchev–Trinajstić information content (AvgIpc) is 3.33. The number of nitrogens with zero attached hydrogens (tertiary/aromatic N) is 4. The van der Waals surface area contributed by atoms with Gasteiger partial charge in [-0.2, -0.15) is 0 Å². The Morgan fingerprint density at radius 3 is 2.77 bits per heavy atom. The second-order valence-electron chi connectivity index (χ2n) is 8.04. The molecule has 4 unspecified atom stereocenters. The summed E-state index contributed by atoms with van der Waals surface area (Å²) in [7, 11) is 4.01. The monoisotopic (exact) mass is 363 g/mol. The summed E-state index contributed by atoms with van der Waals surface area (Å²) in [5, 5.41) is 11.7. The van der Waals surface area contributed by atoms with E-state index in [1.165, 1.54) is 6.42 Å². The third kappa shape index (κ3) is 3.63. The Bertz CT molecular complexity index is 628. The Balaban J connectivity index is 1.36. The van der Waals surface area contributed by atoms with Gasteiger partial charge in [-0.25, -0.2) is 4.68 Å². The second-order valence-corrected chi connectivity index (χ2v) is 8.04. The number of aromatic nitrogens is 3. The van der Waals surface area contributed by atoms with Crippen LogP contribution in [0.15, 0.2) is 6.20 Å². The molecule has 1 amide bonds. The molecular weight excluding hydrogens is 334 g/mol. The number of amides is 1. The van der Waals surface area contributed by atoms with Gasteiger partial charge in [-0.1, -0.05) is 24.5 Å². The van der Waals surface area contributed by atoms with Crippen LogP contribution in [-0.2, 0) is 20.8 Å². The highest BCUT2D eigenvalue weighted by Gasteiger charge is 2.49. The molecule has 1 aliphatic carbocycles. The van der Waals surface area contributed by atoms with Crippen LogP contribution in [0.25, 0.3) is 0 Å². The summed E-state index contributed by atoms with van der Waals surface area (Å²) in [6.45, 7) is 1.79. The third-order valence-corrected chi connectivity index (χ3v) is 5.71. The van der Waals surface area contributed by atoms with E-state index in [0.29, 0.717) is 13.2 Å². The molecule has 8 heteroatoms. The normalized spacial score (nSPS) is 32.1. The van der Waals surface area contributed by atoms with Crippen LogP contribution in [-0.4, -0.2) is 71.4 Å². The molecular formula is C18H29N5O3. The van der Waals surface area contributed by atoms with Crippen molar-refractivity contribution in [3.63, 3.8) is 0 Å². The van der Waals surface area contributed by atoms with E-state index in [1.54, 1.807) is 0 Å². The highest BCUT2D eigenvalue weighted by Crippen LogP contribution is 2.34. The molecule has 8 nitrogen and oxygen atoms in total. The van der Waals surface area contributed by atoms with Crippen molar-refractivity contribution in [1.29, 1.82) is 0 Å². The minimum absolute atomic E-state index is 0.0139. The molecule has 3 fully saturated rings. The molecule has 4 rings (SSSR count). The van der Waals surface area contributed by atoms with Gasteiger partial charge in [-0.15, -0.1) is 5.10 Å². The van der Waals surface area contributed by atoms with Gasteiger partial charge in [0.1, 0.15) is 18.2 Å². The molecule has 2 saturated heterocycles. The van der Waals surface area contributed by atoms with E-state index in [-0.39, 0.29) is 36.1 Å². The molecule has 3 heterocycles. The topological polar surface area (TPSA) is 81.5 Å². The van der Waals surface area contributed by atoms with Crippen LogP contribution in [0.2, 0.25) is 0 Å². The quantitative estimate of drug-likeness (QED) is 0.831. The lowest BCUT2D eigenvalue weighted by Crippen LogP contribution is -2.46. The van der Waals surface area contributed by atoms with Crippen LogP contribution in [0.4, 0.5) is 0 Å². The number of fused-ring (bicyclic) bond motifs is 1. The largest absolute Gasteiger partial charge is 0.371 e.